The Balaban J connectivity index is 1.38. The minimum absolute atomic E-state index is 0.0718. The maximum absolute atomic E-state index is 12.8. The second kappa shape index (κ2) is 13.7. The minimum Gasteiger partial charge on any atom is -0.490 e. The molecule has 198 valence electrons. The van der Waals surface area contributed by atoms with Crippen molar-refractivity contribution in [3.63, 3.8) is 0 Å². The third-order valence-electron chi connectivity index (χ3n) is 5.43. The van der Waals surface area contributed by atoms with E-state index in [0.29, 0.717) is 48.4 Å². The lowest BCUT2D eigenvalue weighted by atomic mass is 10.1. The van der Waals surface area contributed by atoms with E-state index in [1.165, 1.54) is 17.4 Å². The fraction of sp³-hybridized carbons (Fsp3) is 0.200. The van der Waals surface area contributed by atoms with Gasteiger partial charge in [0.1, 0.15) is 35.6 Å². The van der Waals surface area contributed by atoms with Crippen molar-refractivity contribution in [2.75, 3.05) is 25.1 Å². The van der Waals surface area contributed by atoms with Crippen LogP contribution in [0.1, 0.15) is 28.6 Å². The molecular formula is C30H28N4O4S. The van der Waals surface area contributed by atoms with Crippen LogP contribution in [0.5, 0.6) is 17.2 Å². The summed E-state index contributed by atoms with van der Waals surface area (Å²) in [4.78, 5) is 12.8. The first-order valence-electron chi connectivity index (χ1n) is 12.4. The van der Waals surface area contributed by atoms with Gasteiger partial charge in [-0.1, -0.05) is 59.9 Å². The number of rotatable bonds is 12. The number of hydrogen-bond acceptors (Lipinski definition) is 8. The molecule has 39 heavy (non-hydrogen) atoms. The highest BCUT2D eigenvalue weighted by Crippen LogP contribution is 2.30. The van der Waals surface area contributed by atoms with Gasteiger partial charge >= 0.3 is 0 Å². The summed E-state index contributed by atoms with van der Waals surface area (Å²) in [5, 5.41) is 21.6. The summed E-state index contributed by atoms with van der Waals surface area (Å²) in [6.07, 6.45) is 2.11. The van der Waals surface area contributed by atoms with E-state index in [2.05, 4.69) is 15.5 Å². The van der Waals surface area contributed by atoms with Crippen molar-refractivity contribution in [2.45, 2.75) is 20.3 Å². The molecule has 0 saturated carbocycles. The Hall–Kier alpha value is -4.68. The van der Waals surface area contributed by atoms with Crippen LogP contribution in [0.2, 0.25) is 0 Å². The first-order valence-corrected chi connectivity index (χ1v) is 13.2. The fourth-order valence-corrected chi connectivity index (χ4v) is 4.41. The Morgan fingerprint density at radius 2 is 1.79 bits per heavy atom. The van der Waals surface area contributed by atoms with Crippen LogP contribution in [0.15, 0.2) is 78.4 Å². The van der Waals surface area contributed by atoms with E-state index in [1.807, 2.05) is 74.5 Å². The average molecular weight is 541 g/mol. The van der Waals surface area contributed by atoms with Gasteiger partial charge in [-0.3, -0.25) is 10.1 Å². The highest BCUT2D eigenvalue weighted by atomic mass is 32.1. The summed E-state index contributed by atoms with van der Waals surface area (Å²) in [6.45, 7) is 5.00. The van der Waals surface area contributed by atoms with E-state index in [0.717, 1.165) is 21.9 Å². The van der Waals surface area contributed by atoms with E-state index in [4.69, 9.17) is 14.2 Å². The summed E-state index contributed by atoms with van der Waals surface area (Å²) >= 11 is 1.27. The van der Waals surface area contributed by atoms with Gasteiger partial charge in [-0.25, -0.2) is 0 Å². The average Bonchev–Trinajstić information content (AvgIpc) is 3.37. The number of nitrogens with one attached hydrogen (secondary N) is 1. The number of amides is 1. The standard InChI is InChI=1S/C30H28N4O4S/c1-3-36-27-18-23(12-13-26(27)38-15-14-37-25-11-7-8-21(2)16-25)17-24(20-31)29(35)32-30-34-33-28(39-30)19-22-9-5-4-6-10-22/h4-13,16-18H,3,14-15,19H2,1-2H3,(H,32,34,35). The lowest BCUT2D eigenvalue weighted by Crippen LogP contribution is -2.13. The Kier molecular flexibility index (Phi) is 9.64. The molecule has 1 heterocycles. The number of nitriles is 1. The normalized spacial score (nSPS) is 10.9. The van der Waals surface area contributed by atoms with Crippen molar-refractivity contribution in [3.8, 4) is 23.3 Å². The smallest absolute Gasteiger partial charge is 0.268 e. The summed E-state index contributed by atoms with van der Waals surface area (Å²) in [5.74, 6) is 1.28. The van der Waals surface area contributed by atoms with E-state index in [9.17, 15) is 10.1 Å². The number of aromatic nitrogens is 2. The number of aryl methyl sites for hydroxylation is 1. The molecule has 8 nitrogen and oxygen atoms in total. The number of anilines is 1. The van der Waals surface area contributed by atoms with Crippen molar-refractivity contribution < 1.29 is 19.0 Å². The largest absolute Gasteiger partial charge is 0.490 e. The molecule has 4 aromatic rings. The monoisotopic (exact) mass is 540 g/mol. The zero-order chi connectivity index (χ0) is 27.5. The number of carbonyl (C=O) groups excluding carboxylic acids is 1. The van der Waals surface area contributed by atoms with Crippen LogP contribution in [0.3, 0.4) is 0 Å². The quantitative estimate of drug-likeness (QED) is 0.137. The van der Waals surface area contributed by atoms with Crippen LogP contribution in [-0.4, -0.2) is 35.9 Å². The lowest BCUT2D eigenvalue weighted by Gasteiger charge is -2.13. The maximum atomic E-state index is 12.8. The van der Waals surface area contributed by atoms with E-state index >= 15 is 0 Å². The highest BCUT2D eigenvalue weighted by molar-refractivity contribution is 7.15. The molecule has 1 amide bonds. The molecule has 0 aliphatic carbocycles. The van der Waals surface area contributed by atoms with Gasteiger partial charge in [-0.15, -0.1) is 10.2 Å². The first-order chi connectivity index (χ1) is 19.0. The number of benzene rings is 3. The molecule has 1 N–H and O–H groups in total. The van der Waals surface area contributed by atoms with E-state index in [1.54, 1.807) is 18.2 Å². The Labute approximate surface area is 231 Å². The van der Waals surface area contributed by atoms with Crippen LogP contribution in [0, 0.1) is 18.3 Å². The maximum Gasteiger partial charge on any atom is 0.268 e. The van der Waals surface area contributed by atoms with Gasteiger partial charge in [0.05, 0.1) is 6.61 Å². The zero-order valence-electron chi connectivity index (χ0n) is 21.7. The number of nitrogens with zero attached hydrogens (tertiary/aromatic N) is 3. The molecule has 0 saturated heterocycles. The van der Waals surface area contributed by atoms with Crippen LogP contribution in [0.4, 0.5) is 5.13 Å². The molecule has 0 unspecified atom stereocenters. The summed E-state index contributed by atoms with van der Waals surface area (Å²) < 4.78 is 17.3. The van der Waals surface area contributed by atoms with Crippen LogP contribution >= 0.6 is 11.3 Å². The van der Waals surface area contributed by atoms with Crippen molar-refractivity contribution in [3.05, 3.63) is 100 Å². The van der Waals surface area contributed by atoms with Gasteiger partial charge in [-0.2, -0.15) is 5.26 Å². The third-order valence-corrected chi connectivity index (χ3v) is 6.27. The SMILES string of the molecule is CCOc1cc(C=C(C#N)C(=O)Nc2nnc(Cc3ccccc3)s2)ccc1OCCOc1cccc(C)c1. The van der Waals surface area contributed by atoms with Crippen molar-refractivity contribution in [2.24, 2.45) is 0 Å². The second-order valence-corrected chi connectivity index (χ2v) is 9.50. The van der Waals surface area contributed by atoms with Gasteiger partial charge in [0, 0.05) is 6.42 Å². The Bertz CT molecular complexity index is 1480. The van der Waals surface area contributed by atoms with Crippen molar-refractivity contribution in [1.29, 1.82) is 5.26 Å². The van der Waals surface area contributed by atoms with Gasteiger partial charge in [0.2, 0.25) is 5.13 Å². The molecule has 3 aromatic carbocycles. The topological polar surface area (TPSA) is 106 Å². The number of ether oxygens (including phenoxy) is 3. The molecule has 0 bridgehead atoms. The van der Waals surface area contributed by atoms with Gasteiger partial charge in [0.25, 0.3) is 5.91 Å². The van der Waals surface area contributed by atoms with Gasteiger partial charge in [-0.05, 0) is 60.9 Å². The molecule has 0 aliphatic rings. The van der Waals surface area contributed by atoms with Crippen molar-refractivity contribution >= 4 is 28.5 Å². The van der Waals surface area contributed by atoms with Gasteiger partial charge < -0.3 is 14.2 Å². The van der Waals surface area contributed by atoms with E-state index < -0.39 is 5.91 Å². The van der Waals surface area contributed by atoms with E-state index in [-0.39, 0.29) is 5.57 Å². The molecule has 9 heteroatoms. The van der Waals surface area contributed by atoms with Crippen LogP contribution in [0.25, 0.3) is 6.08 Å². The predicted octanol–water partition coefficient (Wildman–Crippen LogP) is 5.84. The molecule has 4 rings (SSSR count). The third kappa shape index (κ3) is 8.15. The molecule has 0 spiro atoms. The molecular weight excluding hydrogens is 512 g/mol. The lowest BCUT2D eigenvalue weighted by molar-refractivity contribution is -0.112. The summed E-state index contributed by atoms with van der Waals surface area (Å²) in [7, 11) is 0. The van der Waals surface area contributed by atoms with Gasteiger partial charge in [0.15, 0.2) is 11.5 Å². The number of carbonyl (C=O) groups is 1. The first kappa shape index (κ1) is 27.4. The number of hydrogen-bond donors (Lipinski definition) is 1. The van der Waals surface area contributed by atoms with Crippen molar-refractivity contribution in [1.82, 2.24) is 10.2 Å². The Morgan fingerprint density at radius 3 is 2.56 bits per heavy atom. The summed E-state index contributed by atoms with van der Waals surface area (Å²) in [5.41, 5.74) is 2.77. The van der Waals surface area contributed by atoms with Crippen LogP contribution < -0.4 is 19.5 Å². The second-order valence-electron chi connectivity index (χ2n) is 8.44. The summed E-state index contributed by atoms with van der Waals surface area (Å²) in [6, 6.07) is 24.9. The fourth-order valence-electron chi connectivity index (χ4n) is 3.64. The molecule has 0 atom stereocenters. The minimum atomic E-state index is -0.563. The van der Waals surface area contributed by atoms with Crippen LogP contribution in [-0.2, 0) is 11.2 Å². The molecule has 0 fully saturated rings. The molecule has 1 aromatic heterocycles. The Morgan fingerprint density at radius 1 is 0.974 bits per heavy atom. The highest BCUT2D eigenvalue weighted by Gasteiger charge is 2.14. The predicted molar refractivity (Wildman–Crippen MR) is 151 cm³/mol. The molecule has 0 aliphatic heterocycles. The molecule has 0 radical (unpaired) electrons. The zero-order valence-corrected chi connectivity index (χ0v) is 22.5.